The number of rotatable bonds is 4. The summed E-state index contributed by atoms with van der Waals surface area (Å²) >= 11 is 0. The summed E-state index contributed by atoms with van der Waals surface area (Å²) < 4.78 is 5.60. The lowest BCUT2D eigenvalue weighted by Gasteiger charge is -2.29. The van der Waals surface area contributed by atoms with Crippen LogP contribution in [-0.2, 0) is 11.3 Å². The van der Waals surface area contributed by atoms with E-state index in [2.05, 4.69) is 28.5 Å². The van der Waals surface area contributed by atoms with Crippen molar-refractivity contribution in [2.75, 3.05) is 31.1 Å². The van der Waals surface area contributed by atoms with Gasteiger partial charge in [-0.15, -0.1) is 0 Å². The number of hydrogen-bond donors (Lipinski definition) is 2. The van der Waals surface area contributed by atoms with E-state index in [4.69, 9.17) is 4.74 Å². The molecule has 2 heterocycles. The van der Waals surface area contributed by atoms with Crippen LogP contribution in [0.1, 0.15) is 39.9 Å². The summed E-state index contributed by atoms with van der Waals surface area (Å²) in [7, 11) is 0. The third-order valence-electron chi connectivity index (χ3n) is 5.46. The van der Waals surface area contributed by atoms with Crippen LogP contribution < -0.4 is 20.3 Å². The maximum Gasteiger partial charge on any atom is 0.251 e. The molecule has 28 heavy (non-hydrogen) atoms. The highest BCUT2D eigenvalue weighted by molar-refractivity contribution is 5.94. The monoisotopic (exact) mass is 379 g/mol. The van der Waals surface area contributed by atoms with Gasteiger partial charge in [-0.3, -0.25) is 9.59 Å². The number of hydrogen-bond acceptors (Lipinski definition) is 4. The molecule has 1 unspecified atom stereocenters. The maximum atomic E-state index is 12.6. The summed E-state index contributed by atoms with van der Waals surface area (Å²) in [6.45, 7) is 7.13. The van der Waals surface area contributed by atoms with E-state index in [0.29, 0.717) is 37.7 Å². The van der Waals surface area contributed by atoms with Crippen LogP contribution in [0.15, 0.2) is 36.4 Å². The van der Waals surface area contributed by atoms with Crippen molar-refractivity contribution >= 4 is 17.5 Å². The van der Waals surface area contributed by atoms with Crippen LogP contribution >= 0.6 is 0 Å². The van der Waals surface area contributed by atoms with E-state index in [0.717, 1.165) is 34.7 Å². The highest BCUT2D eigenvalue weighted by Gasteiger charge is 2.21. The lowest BCUT2D eigenvalue weighted by atomic mass is 10.0. The molecule has 6 heteroatoms. The van der Waals surface area contributed by atoms with Gasteiger partial charge in [0, 0.05) is 42.4 Å². The number of anilines is 1. The first-order valence-corrected chi connectivity index (χ1v) is 9.67. The predicted molar refractivity (Wildman–Crippen MR) is 108 cm³/mol. The largest absolute Gasteiger partial charge is 0.493 e. The average molecular weight is 379 g/mol. The Labute approximate surface area is 164 Å². The van der Waals surface area contributed by atoms with Crippen molar-refractivity contribution in [3.63, 3.8) is 0 Å². The fourth-order valence-corrected chi connectivity index (χ4v) is 3.72. The Hall–Kier alpha value is -3.02. The normalized spacial score (nSPS) is 18.3. The van der Waals surface area contributed by atoms with Gasteiger partial charge < -0.3 is 20.3 Å². The lowest BCUT2D eigenvalue weighted by Crippen LogP contribution is -2.47. The molecule has 0 aromatic heterocycles. The second-order valence-corrected chi connectivity index (χ2v) is 7.53. The van der Waals surface area contributed by atoms with Gasteiger partial charge in [-0.2, -0.15) is 0 Å². The van der Waals surface area contributed by atoms with Crippen LogP contribution in [0.5, 0.6) is 5.75 Å². The standard InChI is InChI=1S/C22H25N3O3/c1-14-9-18(25-8-7-23-21(26)12-25)5-3-17(14)11-24-22(27)16-4-6-20-19(10-16)15(2)13-28-20/h3-6,9-10,15H,7-8,11-13H2,1-2H3,(H,23,26)(H,24,27). The lowest BCUT2D eigenvalue weighted by molar-refractivity contribution is -0.120. The number of fused-ring (bicyclic) bond motifs is 1. The number of piperazine rings is 1. The Balaban J connectivity index is 1.41. The molecule has 1 saturated heterocycles. The first kappa shape index (κ1) is 18.3. The van der Waals surface area contributed by atoms with Crippen LogP contribution in [-0.4, -0.2) is 38.1 Å². The first-order chi connectivity index (χ1) is 13.5. The molecule has 2 aliphatic heterocycles. The van der Waals surface area contributed by atoms with E-state index in [1.807, 2.05) is 37.3 Å². The van der Waals surface area contributed by atoms with Crippen molar-refractivity contribution in [3.8, 4) is 5.75 Å². The molecule has 4 rings (SSSR count). The van der Waals surface area contributed by atoms with Crippen molar-refractivity contribution in [2.24, 2.45) is 0 Å². The molecule has 6 nitrogen and oxygen atoms in total. The van der Waals surface area contributed by atoms with Crippen LogP contribution in [0.2, 0.25) is 0 Å². The van der Waals surface area contributed by atoms with Crippen LogP contribution in [0.25, 0.3) is 0 Å². The minimum atomic E-state index is -0.0851. The van der Waals surface area contributed by atoms with Crippen molar-refractivity contribution < 1.29 is 14.3 Å². The van der Waals surface area contributed by atoms with Crippen molar-refractivity contribution in [2.45, 2.75) is 26.3 Å². The quantitative estimate of drug-likeness (QED) is 0.856. The number of ether oxygens (including phenoxy) is 1. The molecule has 2 amide bonds. The average Bonchev–Trinajstić information content (AvgIpc) is 3.07. The molecule has 0 radical (unpaired) electrons. The number of nitrogens with zero attached hydrogens (tertiary/aromatic N) is 1. The molecule has 2 aromatic carbocycles. The van der Waals surface area contributed by atoms with Crippen molar-refractivity contribution in [3.05, 3.63) is 58.7 Å². The number of benzene rings is 2. The molecule has 0 spiro atoms. The van der Waals surface area contributed by atoms with Gasteiger partial charge in [-0.25, -0.2) is 0 Å². The maximum absolute atomic E-state index is 12.6. The zero-order valence-electron chi connectivity index (χ0n) is 16.2. The second kappa shape index (κ2) is 7.54. The van der Waals surface area contributed by atoms with Crippen LogP contribution in [0, 0.1) is 6.92 Å². The molecule has 0 aliphatic carbocycles. The predicted octanol–water partition coefficient (Wildman–Crippen LogP) is 2.36. The van der Waals surface area contributed by atoms with Gasteiger partial charge in [0.1, 0.15) is 5.75 Å². The summed E-state index contributed by atoms with van der Waals surface area (Å²) in [5.74, 6) is 1.16. The summed E-state index contributed by atoms with van der Waals surface area (Å²) in [5, 5.41) is 5.85. The number of carbonyl (C=O) groups excluding carboxylic acids is 2. The molecule has 2 N–H and O–H groups in total. The third kappa shape index (κ3) is 3.67. The zero-order valence-corrected chi connectivity index (χ0v) is 16.2. The van der Waals surface area contributed by atoms with E-state index in [1.54, 1.807) is 0 Å². The van der Waals surface area contributed by atoms with E-state index >= 15 is 0 Å². The fourth-order valence-electron chi connectivity index (χ4n) is 3.72. The van der Waals surface area contributed by atoms with Gasteiger partial charge in [0.15, 0.2) is 0 Å². The Morgan fingerprint density at radius 3 is 2.93 bits per heavy atom. The first-order valence-electron chi connectivity index (χ1n) is 9.67. The molecular weight excluding hydrogens is 354 g/mol. The molecule has 1 atom stereocenters. The Bertz CT molecular complexity index is 925. The molecule has 146 valence electrons. The van der Waals surface area contributed by atoms with Gasteiger partial charge in [0.2, 0.25) is 5.91 Å². The summed E-state index contributed by atoms with van der Waals surface area (Å²) in [5.41, 5.74) is 4.95. The fraction of sp³-hybridized carbons (Fsp3) is 0.364. The van der Waals surface area contributed by atoms with E-state index in [1.165, 1.54) is 0 Å². The Morgan fingerprint density at radius 2 is 2.14 bits per heavy atom. The number of nitrogens with one attached hydrogen (secondary N) is 2. The highest BCUT2D eigenvalue weighted by Crippen LogP contribution is 2.34. The zero-order chi connectivity index (χ0) is 19.7. The molecular formula is C22H25N3O3. The van der Waals surface area contributed by atoms with Gasteiger partial charge in [-0.05, 0) is 48.4 Å². The van der Waals surface area contributed by atoms with Crippen LogP contribution in [0.4, 0.5) is 5.69 Å². The molecule has 0 bridgehead atoms. The minimum absolute atomic E-state index is 0.0503. The SMILES string of the molecule is Cc1cc(N2CCNC(=O)C2)ccc1CNC(=O)c1ccc2c(c1)C(C)CO2. The Morgan fingerprint density at radius 1 is 1.29 bits per heavy atom. The van der Waals surface area contributed by atoms with E-state index < -0.39 is 0 Å². The smallest absolute Gasteiger partial charge is 0.251 e. The topological polar surface area (TPSA) is 70.7 Å². The Kier molecular flexibility index (Phi) is 4.94. The van der Waals surface area contributed by atoms with Gasteiger partial charge in [0.05, 0.1) is 13.2 Å². The summed E-state index contributed by atoms with van der Waals surface area (Å²) in [6, 6.07) is 11.7. The minimum Gasteiger partial charge on any atom is -0.493 e. The molecule has 0 saturated carbocycles. The number of aryl methyl sites for hydroxylation is 1. The van der Waals surface area contributed by atoms with Crippen molar-refractivity contribution in [1.82, 2.24) is 10.6 Å². The third-order valence-corrected chi connectivity index (χ3v) is 5.46. The molecule has 2 aromatic rings. The second-order valence-electron chi connectivity index (χ2n) is 7.53. The summed E-state index contributed by atoms with van der Waals surface area (Å²) in [6.07, 6.45) is 0. The van der Waals surface area contributed by atoms with Gasteiger partial charge in [0.25, 0.3) is 5.91 Å². The van der Waals surface area contributed by atoms with Crippen molar-refractivity contribution in [1.29, 1.82) is 0 Å². The number of carbonyl (C=O) groups is 2. The summed E-state index contributed by atoms with van der Waals surface area (Å²) in [4.78, 5) is 26.2. The highest BCUT2D eigenvalue weighted by atomic mass is 16.5. The van der Waals surface area contributed by atoms with Gasteiger partial charge >= 0.3 is 0 Å². The van der Waals surface area contributed by atoms with Gasteiger partial charge in [-0.1, -0.05) is 13.0 Å². The van der Waals surface area contributed by atoms with E-state index in [-0.39, 0.29) is 11.8 Å². The molecule has 1 fully saturated rings. The van der Waals surface area contributed by atoms with E-state index in [9.17, 15) is 9.59 Å². The molecule has 2 aliphatic rings. The van der Waals surface area contributed by atoms with Crippen LogP contribution in [0.3, 0.4) is 0 Å². The number of amides is 2.